The minimum atomic E-state index is -0.629. The van der Waals surface area contributed by atoms with Crippen LogP contribution in [-0.4, -0.2) is 0 Å². The first kappa shape index (κ1) is 11.7. The maximum atomic E-state index is 13.0. The summed E-state index contributed by atoms with van der Waals surface area (Å²) in [6.45, 7) is 0. The molecule has 0 saturated carbocycles. The van der Waals surface area contributed by atoms with Gasteiger partial charge in [-0.25, -0.2) is 8.78 Å². The molecule has 0 aliphatic heterocycles. The summed E-state index contributed by atoms with van der Waals surface area (Å²) < 4.78 is 31.3. The Kier molecular flexibility index (Phi) is 3.15. The van der Waals surface area contributed by atoms with Crippen LogP contribution in [0, 0.1) is 11.6 Å². The molecule has 2 nitrogen and oxygen atoms in total. The van der Waals surface area contributed by atoms with Crippen LogP contribution in [0.3, 0.4) is 0 Å². The van der Waals surface area contributed by atoms with Crippen molar-refractivity contribution in [1.29, 1.82) is 0 Å². The van der Waals surface area contributed by atoms with Crippen LogP contribution in [0.4, 0.5) is 14.5 Å². The maximum Gasteiger partial charge on any atom is 0.152 e. The number of nitrogen functional groups attached to an aromatic ring is 1. The van der Waals surface area contributed by atoms with Gasteiger partial charge in [-0.15, -0.1) is 0 Å². The number of halogens is 3. The summed E-state index contributed by atoms with van der Waals surface area (Å²) in [5, 5.41) is -0.106. The van der Waals surface area contributed by atoms with Crippen LogP contribution >= 0.6 is 11.6 Å². The van der Waals surface area contributed by atoms with E-state index in [1.165, 1.54) is 24.3 Å². The van der Waals surface area contributed by atoms with Crippen molar-refractivity contribution in [2.24, 2.45) is 0 Å². The van der Waals surface area contributed by atoms with Crippen molar-refractivity contribution in [3.63, 3.8) is 0 Å². The Bertz CT molecular complexity index is 560. The summed E-state index contributed by atoms with van der Waals surface area (Å²) in [4.78, 5) is 0. The summed E-state index contributed by atoms with van der Waals surface area (Å²) in [6.07, 6.45) is 0. The Morgan fingerprint density at radius 3 is 2.59 bits per heavy atom. The highest BCUT2D eigenvalue weighted by Gasteiger charge is 2.08. The number of ether oxygens (including phenoxy) is 1. The van der Waals surface area contributed by atoms with E-state index in [4.69, 9.17) is 22.1 Å². The molecule has 0 heterocycles. The lowest BCUT2D eigenvalue weighted by Crippen LogP contribution is -1.94. The van der Waals surface area contributed by atoms with Crippen LogP contribution in [0.2, 0.25) is 5.02 Å². The summed E-state index contributed by atoms with van der Waals surface area (Å²) in [7, 11) is 0. The fourth-order valence-electron chi connectivity index (χ4n) is 1.29. The third-order valence-electron chi connectivity index (χ3n) is 2.08. The van der Waals surface area contributed by atoms with E-state index in [2.05, 4.69) is 0 Å². The Hall–Kier alpha value is -1.81. The van der Waals surface area contributed by atoms with Crippen LogP contribution in [0.15, 0.2) is 36.4 Å². The third kappa shape index (κ3) is 2.65. The van der Waals surface area contributed by atoms with Gasteiger partial charge < -0.3 is 10.5 Å². The van der Waals surface area contributed by atoms with Crippen molar-refractivity contribution in [2.45, 2.75) is 0 Å². The molecule has 0 amide bonds. The van der Waals surface area contributed by atoms with E-state index in [9.17, 15) is 8.78 Å². The molecule has 0 aromatic heterocycles. The molecule has 2 aromatic carbocycles. The van der Waals surface area contributed by atoms with Crippen LogP contribution in [-0.2, 0) is 0 Å². The van der Waals surface area contributed by atoms with Gasteiger partial charge in [0.1, 0.15) is 17.4 Å². The average Bonchev–Trinajstić information content (AvgIpc) is 2.26. The number of rotatable bonds is 2. The van der Waals surface area contributed by atoms with E-state index in [1.54, 1.807) is 6.07 Å². The monoisotopic (exact) mass is 255 g/mol. The molecule has 0 spiro atoms. The third-order valence-corrected chi connectivity index (χ3v) is 2.37. The average molecular weight is 256 g/mol. The van der Waals surface area contributed by atoms with Gasteiger partial charge >= 0.3 is 0 Å². The van der Waals surface area contributed by atoms with Crippen molar-refractivity contribution in [3.05, 3.63) is 53.1 Å². The second kappa shape index (κ2) is 4.59. The molecule has 0 aliphatic rings. The van der Waals surface area contributed by atoms with Crippen molar-refractivity contribution < 1.29 is 13.5 Å². The van der Waals surface area contributed by atoms with Gasteiger partial charge in [0.25, 0.3) is 0 Å². The fourth-order valence-corrected chi connectivity index (χ4v) is 1.44. The Balaban J connectivity index is 2.33. The van der Waals surface area contributed by atoms with E-state index >= 15 is 0 Å². The van der Waals surface area contributed by atoms with E-state index in [0.717, 1.165) is 6.07 Å². The quantitative estimate of drug-likeness (QED) is 0.824. The van der Waals surface area contributed by atoms with Crippen molar-refractivity contribution in [3.8, 4) is 11.5 Å². The van der Waals surface area contributed by atoms with Gasteiger partial charge in [0.2, 0.25) is 0 Å². The van der Waals surface area contributed by atoms with E-state index in [-0.39, 0.29) is 22.2 Å². The summed E-state index contributed by atoms with van der Waals surface area (Å²) in [6, 6.07) is 7.82. The molecule has 0 radical (unpaired) electrons. The molecule has 5 heteroatoms. The predicted molar refractivity (Wildman–Crippen MR) is 62.3 cm³/mol. The lowest BCUT2D eigenvalue weighted by molar-refractivity contribution is 0.477. The largest absolute Gasteiger partial charge is 0.455 e. The number of benzene rings is 2. The fraction of sp³-hybridized carbons (Fsp3) is 0. The van der Waals surface area contributed by atoms with Gasteiger partial charge in [-0.05, 0) is 12.1 Å². The van der Waals surface area contributed by atoms with E-state index < -0.39 is 11.6 Å². The summed E-state index contributed by atoms with van der Waals surface area (Å²) in [5.74, 6) is -0.619. The molecule has 88 valence electrons. The summed E-state index contributed by atoms with van der Waals surface area (Å²) in [5.41, 5.74) is 5.65. The second-order valence-electron chi connectivity index (χ2n) is 3.36. The first-order chi connectivity index (χ1) is 8.06. The zero-order chi connectivity index (χ0) is 12.4. The van der Waals surface area contributed by atoms with Crippen molar-refractivity contribution in [2.75, 3.05) is 5.73 Å². The first-order valence-corrected chi connectivity index (χ1v) is 5.12. The minimum Gasteiger partial charge on any atom is -0.455 e. The van der Waals surface area contributed by atoms with Crippen molar-refractivity contribution >= 4 is 17.3 Å². The van der Waals surface area contributed by atoms with E-state index in [0.29, 0.717) is 0 Å². The number of hydrogen-bond donors (Lipinski definition) is 1. The SMILES string of the molecule is Nc1cc(F)c(Cl)cc1Oc1cccc(F)c1. The molecule has 0 bridgehead atoms. The molecule has 2 rings (SSSR count). The molecule has 17 heavy (non-hydrogen) atoms. The second-order valence-corrected chi connectivity index (χ2v) is 3.77. The highest BCUT2D eigenvalue weighted by molar-refractivity contribution is 6.31. The van der Waals surface area contributed by atoms with Gasteiger partial charge in [-0.1, -0.05) is 17.7 Å². The smallest absolute Gasteiger partial charge is 0.152 e. The van der Waals surface area contributed by atoms with E-state index in [1.807, 2.05) is 0 Å². The van der Waals surface area contributed by atoms with Gasteiger partial charge in [-0.2, -0.15) is 0 Å². The lowest BCUT2D eigenvalue weighted by atomic mass is 10.3. The molecule has 2 N–H and O–H groups in total. The standard InChI is InChI=1S/C12H8ClF2NO/c13-9-5-12(11(16)6-10(9)15)17-8-3-1-2-7(14)4-8/h1-6H,16H2. The predicted octanol–water partition coefficient (Wildman–Crippen LogP) is 3.99. The van der Waals surface area contributed by atoms with Crippen LogP contribution in [0.5, 0.6) is 11.5 Å². The molecule has 0 atom stereocenters. The number of anilines is 1. The van der Waals surface area contributed by atoms with Gasteiger partial charge in [0.05, 0.1) is 10.7 Å². The number of hydrogen-bond acceptors (Lipinski definition) is 2. The maximum absolute atomic E-state index is 13.0. The zero-order valence-corrected chi connectivity index (χ0v) is 9.34. The molecular weight excluding hydrogens is 248 g/mol. The normalized spacial score (nSPS) is 10.3. The lowest BCUT2D eigenvalue weighted by Gasteiger charge is -2.09. The molecule has 0 aliphatic carbocycles. The van der Waals surface area contributed by atoms with Gasteiger partial charge in [0, 0.05) is 18.2 Å². The molecule has 0 unspecified atom stereocenters. The van der Waals surface area contributed by atoms with Crippen LogP contribution < -0.4 is 10.5 Å². The molecule has 0 fully saturated rings. The topological polar surface area (TPSA) is 35.2 Å². The highest BCUT2D eigenvalue weighted by atomic mass is 35.5. The Morgan fingerprint density at radius 1 is 1.12 bits per heavy atom. The first-order valence-electron chi connectivity index (χ1n) is 4.74. The molecular formula is C12H8ClF2NO. The van der Waals surface area contributed by atoms with Crippen LogP contribution in [0.1, 0.15) is 0 Å². The van der Waals surface area contributed by atoms with Gasteiger partial charge in [-0.3, -0.25) is 0 Å². The summed E-state index contributed by atoms with van der Waals surface area (Å²) >= 11 is 5.60. The van der Waals surface area contributed by atoms with Crippen LogP contribution in [0.25, 0.3) is 0 Å². The Morgan fingerprint density at radius 2 is 1.88 bits per heavy atom. The molecule has 0 saturated heterocycles. The highest BCUT2D eigenvalue weighted by Crippen LogP contribution is 2.32. The van der Waals surface area contributed by atoms with Gasteiger partial charge in [0.15, 0.2) is 5.75 Å². The zero-order valence-electron chi connectivity index (χ0n) is 8.58. The number of nitrogens with two attached hydrogens (primary N) is 1. The molecule has 2 aromatic rings. The minimum absolute atomic E-state index is 0.0937. The Labute approximate surface area is 102 Å². The van der Waals surface area contributed by atoms with Crippen molar-refractivity contribution in [1.82, 2.24) is 0 Å².